The molecule has 6 aliphatic heterocycles. The Morgan fingerprint density at radius 2 is 0.917 bits per heavy atom. The van der Waals surface area contributed by atoms with Gasteiger partial charge in [0.25, 0.3) is 11.9 Å². The molecule has 0 aromatic heterocycles. The molecule has 0 bridgehead atoms. The first-order valence-electron chi connectivity index (χ1n) is 19.1. The summed E-state index contributed by atoms with van der Waals surface area (Å²) in [6.07, 6.45) is -19.9. The van der Waals surface area contributed by atoms with Crippen LogP contribution in [0.3, 0.4) is 0 Å². The SMILES string of the molecule is CC(=O)OCC1O[C@H]2OC(C)(OC3C4OC(C)O[C@@H]4OC(COC4(C)OC5C(OC(C)=O)[C@@H](OC(C)=O)C(COC(C)=O)O[C@@H]5O4)[C@H]3O)OC2C(OC(C)=O)[C@@H]1OC(C)=O. The van der Waals surface area contributed by atoms with Gasteiger partial charge in [0.2, 0.25) is 0 Å². The molecule has 12 unspecified atom stereocenters. The van der Waals surface area contributed by atoms with Gasteiger partial charge in [-0.3, -0.25) is 38.2 Å². The van der Waals surface area contributed by atoms with Gasteiger partial charge in [0.15, 0.2) is 61.8 Å². The van der Waals surface area contributed by atoms with Gasteiger partial charge < -0.3 is 76.2 Å². The van der Waals surface area contributed by atoms with Crippen molar-refractivity contribution in [2.45, 2.75) is 173 Å². The van der Waals surface area contributed by atoms with Crippen molar-refractivity contribution in [3.8, 4) is 0 Å². The molecule has 0 spiro atoms. The molecule has 0 aliphatic carbocycles. The van der Waals surface area contributed by atoms with Gasteiger partial charge in [-0.2, -0.15) is 0 Å². The zero-order chi connectivity index (χ0) is 43.8. The van der Waals surface area contributed by atoms with Crippen LogP contribution >= 0.6 is 0 Å². The molecular formula is C36H50O24. The normalized spacial score (nSPS) is 43.1. The van der Waals surface area contributed by atoms with Crippen LogP contribution in [0.4, 0.5) is 0 Å². The zero-order valence-corrected chi connectivity index (χ0v) is 34.2. The van der Waals surface area contributed by atoms with Crippen LogP contribution in [-0.4, -0.2) is 171 Å². The Morgan fingerprint density at radius 3 is 1.38 bits per heavy atom. The topological polar surface area (TPSA) is 280 Å². The van der Waals surface area contributed by atoms with E-state index in [1.807, 2.05) is 0 Å². The summed E-state index contributed by atoms with van der Waals surface area (Å²) in [4.78, 5) is 71.9. The fourth-order valence-electron chi connectivity index (χ4n) is 7.62. The first-order chi connectivity index (χ1) is 28.1. The predicted octanol–water partition coefficient (Wildman–Crippen LogP) is -1.28. The van der Waals surface area contributed by atoms with E-state index in [4.69, 9.17) is 80.5 Å². The number of ether oxygens (including phenoxy) is 17. The number of rotatable bonds is 13. The monoisotopic (exact) mass is 866 g/mol. The summed E-state index contributed by atoms with van der Waals surface area (Å²) in [5.41, 5.74) is 0. The van der Waals surface area contributed by atoms with Gasteiger partial charge in [0, 0.05) is 55.4 Å². The van der Waals surface area contributed by atoms with Crippen LogP contribution in [0.1, 0.15) is 62.3 Å². The lowest BCUT2D eigenvalue weighted by Gasteiger charge is -2.42. The first kappa shape index (κ1) is 45.9. The molecule has 24 heteroatoms. The minimum Gasteiger partial charge on any atom is -0.463 e. The van der Waals surface area contributed by atoms with E-state index in [2.05, 4.69) is 0 Å². The molecule has 6 rings (SSSR count). The maximum Gasteiger partial charge on any atom is 0.303 e. The molecule has 0 aromatic rings. The van der Waals surface area contributed by atoms with E-state index in [0.29, 0.717) is 0 Å². The third kappa shape index (κ3) is 10.5. The van der Waals surface area contributed by atoms with Crippen molar-refractivity contribution in [3.05, 3.63) is 0 Å². The minimum atomic E-state index is -2.07. The number of aliphatic hydroxyl groups is 1. The summed E-state index contributed by atoms with van der Waals surface area (Å²) in [7, 11) is 0. The van der Waals surface area contributed by atoms with Gasteiger partial charge in [-0.1, -0.05) is 0 Å². The molecular weight excluding hydrogens is 816 g/mol. The van der Waals surface area contributed by atoms with Gasteiger partial charge in [0.05, 0.1) is 6.61 Å². The van der Waals surface area contributed by atoms with Crippen LogP contribution in [0.5, 0.6) is 0 Å². The Kier molecular flexibility index (Phi) is 14.0. The molecule has 6 saturated heterocycles. The quantitative estimate of drug-likeness (QED) is 0.167. The highest BCUT2D eigenvalue weighted by atomic mass is 17.0. The standard InChI is InChI=1S/C36H50O24/c1-13(37)44-10-21-24(47-15(3)39)27(49-17(5)41)30-33(54-21)59-35(8,57-30)46-12-20-23(43)26(29-32(53-20)52-19(7)51-29)56-36(9)58-31-28(50-18(6)42)25(48-16(4)40)22(11-45-14(2)38)55-34(31)60-36/h19-34,43H,10-12H2,1-9H3/t19?,20?,21?,22?,23-,24+,25-,26?,27?,28?,29?,30?,31?,32-,33-,34+,35?,36?/m1/s1. The average Bonchev–Trinajstić information content (AvgIpc) is 3.79. The van der Waals surface area contributed by atoms with E-state index in [1.165, 1.54) is 27.7 Å². The largest absolute Gasteiger partial charge is 0.463 e. The van der Waals surface area contributed by atoms with Crippen LogP contribution in [0.2, 0.25) is 0 Å². The molecule has 0 aromatic carbocycles. The maximum atomic E-state index is 12.3. The van der Waals surface area contributed by atoms with Crippen molar-refractivity contribution in [2.75, 3.05) is 19.8 Å². The molecule has 0 saturated carbocycles. The number of carbonyl (C=O) groups excluding carboxylic acids is 6. The zero-order valence-electron chi connectivity index (χ0n) is 34.2. The highest BCUT2D eigenvalue weighted by Crippen LogP contribution is 2.44. The number of fused-ring (bicyclic) bond motifs is 3. The third-order valence-electron chi connectivity index (χ3n) is 9.81. The lowest BCUT2D eigenvalue weighted by molar-refractivity contribution is -0.396. The molecule has 18 atom stereocenters. The van der Waals surface area contributed by atoms with Crippen molar-refractivity contribution < 1.29 is 114 Å². The van der Waals surface area contributed by atoms with Crippen molar-refractivity contribution in [1.29, 1.82) is 0 Å². The molecule has 60 heavy (non-hydrogen) atoms. The Labute approximate surface area is 342 Å². The summed E-state index contributed by atoms with van der Waals surface area (Å²) < 4.78 is 98.5. The number of hydrogen-bond donors (Lipinski definition) is 1. The van der Waals surface area contributed by atoms with Crippen LogP contribution < -0.4 is 0 Å². The smallest absolute Gasteiger partial charge is 0.303 e. The van der Waals surface area contributed by atoms with E-state index in [-0.39, 0.29) is 0 Å². The van der Waals surface area contributed by atoms with Crippen molar-refractivity contribution in [1.82, 2.24) is 0 Å². The molecule has 1 N–H and O–H groups in total. The van der Waals surface area contributed by atoms with Crippen LogP contribution in [0.15, 0.2) is 0 Å². The molecule has 6 fully saturated rings. The second kappa shape index (κ2) is 18.4. The highest BCUT2D eigenvalue weighted by molar-refractivity contribution is 5.68. The molecule has 0 radical (unpaired) electrons. The molecule has 338 valence electrons. The van der Waals surface area contributed by atoms with Crippen molar-refractivity contribution in [3.63, 3.8) is 0 Å². The number of aliphatic hydroxyl groups excluding tert-OH is 1. The van der Waals surface area contributed by atoms with E-state index >= 15 is 0 Å². The predicted molar refractivity (Wildman–Crippen MR) is 182 cm³/mol. The van der Waals surface area contributed by atoms with Crippen molar-refractivity contribution in [2.24, 2.45) is 0 Å². The number of carbonyl (C=O) groups is 6. The molecule has 24 nitrogen and oxygen atoms in total. The summed E-state index contributed by atoms with van der Waals surface area (Å²) in [6, 6.07) is 0. The van der Waals surface area contributed by atoms with E-state index in [1.54, 1.807) is 6.92 Å². The van der Waals surface area contributed by atoms with Gasteiger partial charge in [-0.05, 0) is 6.92 Å². The minimum absolute atomic E-state index is 0.395. The van der Waals surface area contributed by atoms with Crippen LogP contribution in [0, 0.1) is 0 Å². The molecule has 6 aliphatic rings. The first-order valence-corrected chi connectivity index (χ1v) is 19.1. The summed E-state index contributed by atoms with van der Waals surface area (Å²) in [6.45, 7) is 9.89. The molecule has 6 heterocycles. The summed E-state index contributed by atoms with van der Waals surface area (Å²) >= 11 is 0. The third-order valence-corrected chi connectivity index (χ3v) is 9.81. The van der Waals surface area contributed by atoms with E-state index in [0.717, 1.165) is 27.7 Å². The number of esters is 6. The number of hydrogen-bond acceptors (Lipinski definition) is 24. The van der Waals surface area contributed by atoms with Crippen LogP contribution in [-0.2, 0) is 109 Å². The van der Waals surface area contributed by atoms with Crippen molar-refractivity contribution >= 4 is 35.8 Å². The Hall–Kier alpha value is -3.66. The Morgan fingerprint density at radius 1 is 0.483 bits per heavy atom. The lowest BCUT2D eigenvalue weighted by Crippen LogP contribution is -2.61. The van der Waals surface area contributed by atoms with Gasteiger partial charge in [0.1, 0.15) is 49.8 Å². The average molecular weight is 867 g/mol. The van der Waals surface area contributed by atoms with Gasteiger partial charge >= 0.3 is 35.8 Å². The second-order valence-electron chi connectivity index (χ2n) is 14.8. The second-order valence-corrected chi connectivity index (χ2v) is 14.8. The van der Waals surface area contributed by atoms with Gasteiger partial charge in [-0.25, -0.2) is 0 Å². The Bertz CT molecular complexity index is 1630. The maximum absolute atomic E-state index is 12.3. The fourth-order valence-corrected chi connectivity index (χ4v) is 7.62. The fraction of sp³-hybridized carbons (Fsp3) is 0.833. The summed E-state index contributed by atoms with van der Waals surface area (Å²) in [5, 5.41) is 11.8. The lowest BCUT2D eigenvalue weighted by atomic mass is 9.98. The molecule has 0 amide bonds. The highest BCUT2D eigenvalue weighted by Gasteiger charge is 2.63. The van der Waals surface area contributed by atoms with Gasteiger partial charge in [-0.15, -0.1) is 0 Å². The van der Waals surface area contributed by atoms with E-state index < -0.39 is 166 Å². The summed E-state index contributed by atoms with van der Waals surface area (Å²) in [5.74, 6) is -8.36. The van der Waals surface area contributed by atoms with Crippen LogP contribution in [0.25, 0.3) is 0 Å². The Balaban J connectivity index is 1.18. The van der Waals surface area contributed by atoms with E-state index in [9.17, 15) is 33.9 Å².